The first kappa shape index (κ1) is 21.0. The standard InChI is InChI=1S/C26H16Cl2N4O/c1-33-20-6-5-15-7-17(12-30-24(15)10-20)18-9-21-19(14-32-26(21)31-13-18)8-16(11-29)25-22(27)3-2-4-23(25)28/h2-10,12-14H,1H3,(H,31,32). The van der Waals surface area contributed by atoms with E-state index in [0.717, 1.165) is 38.7 Å². The zero-order valence-electron chi connectivity index (χ0n) is 17.4. The minimum Gasteiger partial charge on any atom is -0.497 e. The highest BCUT2D eigenvalue weighted by Crippen LogP contribution is 2.34. The average molecular weight is 471 g/mol. The van der Waals surface area contributed by atoms with Crippen LogP contribution in [0.2, 0.25) is 10.0 Å². The maximum absolute atomic E-state index is 9.79. The summed E-state index contributed by atoms with van der Waals surface area (Å²) in [6.45, 7) is 0. The predicted octanol–water partition coefficient (Wildman–Crippen LogP) is 7.16. The van der Waals surface area contributed by atoms with E-state index in [0.29, 0.717) is 26.8 Å². The predicted molar refractivity (Wildman–Crippen MR) is 133 cm³/mol. The number of aromatic nitrogens is 3. The second-order valence-corrected chi connectivity index (χ2v) is 8.23. The Balaban J connectivity index is 1.60. The van der Waals surface area contributed by atoms with Crippen LogP contribution < -0.4 is 4.74 Å². The molecule has 2 aromatic carbocycles. The first-order valence-corrected chi connectivity index (χ1v) is 10.8. The number of hydrogen-bond acceptors (Lipinski definition) is 4. The van der Waals surface area contributed by atoms with Gasteiger partial charge in [-0.15, -0.1) is 0 Å². The third-order valence-corrected chi connectivity index (χ3v) is 6.07. The number of nitrogens with one attached hydrogen (secondary N) is 1. The molecule has 3 aromatic heterocycles. The number of ether oxygens (including phenoxy) is 1. The number of halogens is 2. The van der Waals surface area contributed by atoms with E-state index >= 15 is 0 Å². The molecule has 0 unspecified atom stereocenters. The number of aromatic amines is 1. The van der Waals surface area contributed by atoms with Crippen molar-refractivity contribution < 1.29 is 4.74 Å². The SMILES string of the molecule is COc1ccc2cc(-c3cnc4[nH]cc(C=C(C#N)c5c(Cl)cccc5Cl)c4c3)cnc2c1. The molecule has 0 aliphatic carbocycles. The molecule has 0 saturated carbocycles. The van der Waals surface area contributed by atoms with E-state index in [-0.39, 0.29) is 0 Å². The van der Waals surface area contributed by atoms with E-state index in [9.17, 15) is 5.26 Å². The second kappa shape index (κ2) is 8.59. The molecule has 0 spiro atoms. The maximum Gasteiger partial charge on any atom is 0.137 e. The summed E-state index contributed by atoms with van der Waals surface area (Å²) in [7, 11) is 1.64. The maximum atomic E-state index is 9.79. The van der Waals surface area contributed by atoms with Gasteiger partial charge in [0, 0.05) is 57.7 Å². The summed E-state index contributed by atoms with van der Waals surface area (Å²) in [6, 6.07) is 17.3. The molecule has 5 nitrogen and oxygen atoms in total. The van der Waals surface area contributed by atoms with Gasteiger partial charge in [0.05, 0.1) is 34.3 Å². The Morgan fingerprint density at radius 3 is 2.55 bits per heavy atom. The molecule has 0 radical (unpaired) electrons. The molecule has 0 aliphatic heterocycles. The lowest BCUT2D eigenvalue weighted by Crippen LogP contribution is -1.88. The van der Waals surface area contributed by atoms with Crippen molar-refractivity contribution in [2.45, 2.75) is 0 Å². The minimum atomic E-state index is 0.373. The van der Waals surface area contributed by atoms with Crippen LogP contribution in [0.15, 0.2) is 67.1 Å². The van der Waals surface area contributed by atoms with Crippen LogP contribution in [0.1, 0.15) is 11.1 Å². The van der Waals surface area contributed by atoms with Crippen molar-refractivity contribution >= 4 is 56.8 Å². The number of H-pyrrole nitrogens is 1. The molecule has 0 bridgehead atoms. The van der Waals surface area contributed by atoms with Crippen molar-refractivity contribution in [3.8, 4) is 22.9 Å². The summed E-state index contributed by atoms with van der Waals surface area (Å²) in [6.07, 6.45) is 7.20. The van der Waals surface area contributed by atoms with Crippen molar-refractivity contribution in [3.05, 3.63) is 88.3 Å². The summed E-state index contributed by atoms with van der Waals surface area (Å²) < 4.78 is 5.28. The van der Waals surface area contributed by atoms with Crippen LogP contribution >= 0.6 is 23.2 Å². The third kappa shape index (κ3) is 3.91. The molecule has 1 N–H and O–H groups in total. The first-order chi connectivity index (χ1) is 16.1. The lowest BCUT2D eigenvalue weighted by atomic mass is 10.0. The number of benzene rings is 2. The Kier molecular flexibility index (Phi) is 5.47. The zero-order valence-corrected chi connectivity index (χ0v) is 18.9. The molecule has 5 aromatic rings. The van der Waals surface area contributed by atoms with Gasteiger partial charge in [-0.3, -0.25) is 4.98 Å². The molecule has 0 aliphatic rings. The van der Waals surface area contributed by atoms with E-state index in [1.165, 1.54) is 0 Å². The van der Waals surface area contributed by atoms with Gasteiger partial charge in [0.1, 0.15) is 11.4 Å². The fraction of sp³-hybridized carbons (Fsp3) is 0.0385. The van der Waals surface area contributed by atoms with Crippen LogP contribution in [0.25, 0.3) is 44.7 Å². The fourth-order valence-electron chi connectivity index (χ4n) is 3.76. The van der Waals surface area contributed by atoms with E-state index in [1.54, 1.807) is 37.6 Å². The molecule has 3 heterocycles. The van der Waals surface area contributed by atoms with Gasteiger partial charge < -0.3 is 9.72 Å². The molecular weight excluding hydrogens is 455 g/mol. The molecule has 7 heteroatoms. The molecule has 0 atom stereocenters. The summed E-state index contributed by atoms with van der Waals surface area (Å²) in [5.74, 6) is 0.765. The van der Waals surface area contributed by atoms with E-state index in [4.69, 9.17) is 27.9 Å². The Labute approximate surface area is 199 Å². The number of pyridine rings is 2. The van der Waals surface area contributed by atoms with Crippen molar-refractivity contribution in [1.82, 2.24) is 15.0 Å². The van der Waals surface area contributed by atoms with Crippen LogP contribution in [-0.4, -0.2) is 22.1 Å². The fourth-order valence-corrected chi connectivity index (χ4v) is 4.36. The van der Waals surface area contributed by atoms with Crippen molar-refractivity contribution in [1.29, 1.82) is 5.26 Å². The molecule has 0 saturated heterocycles. The highest BCUT2D eigenvalue weighted by Gasteiger charge is 2.13. The van der Waals surface area contributed by atoms with E-state index in [1.807, 2.05) is 36.7 Å². The lowest BCUT2D eigenvalue weighted by molar-refractivity contribution is 0.415. The first-order valence-electron chi connectivity index (χ1n) is 10.0. The number of allylic oxidation sites excluding steroid dienone is 1. The number of fused-ring (bicyclic) bond motifs is 2. The van der Waals surface area contributed by atoms with Gasteiger partial charge in [-0.2, -0.15) is 5.26 Å². The largest absolute Gasteiger partial charge is 0.497 e. The Morgan fingerprint density at radius 2 is 1.79 bits per heavy atom. The smallest absolute Gasteiger partial charge is 0.137 e. The van der Waals surface area contributed by atoms with Crippen LogP contribution in [0.4, 0.5) is 0 Å². The monoisotopic (exact) mass is 470 g/mol. The second-order valence-electron chi connectivity index (χ2n) is 7.41. The quantitative estimate of drug-likeness (QED) is 0.282. The van der Waals surface area contributed by atoms with Gasteiger partial charge >= 0.3 is 0 Å². The Bertz CT molecular complexity index is 1580. The normalized spacial score (nSPS) is 11.6. The van der Waals surface area contributed by atoms with Crippen molar-refractivity contribution in [2.75, 3.05) is 7.11 Å². The van der Waals surface area contributed by atoms with Gasteiger partial charge in [-0.25, -0.2) is 4.98 Å². The van der Waals surface area contributed by atoms with Crippen molar-refractivity contribution in [3.63, 3.8) is 0 Å². The summed E-state index contributed by atoms with van der Waals surface area (Å²) in [4.78, 5) is 12.3. The number of methoxy groups -OCH3 is 1. The van der Waals surface area contributed by atoms with Gasteiger partial charge in [-0.1, -0.05) is 29.3 Å². The molecule has 0 amide bonds. The number of rotatable bonds is 4. The summed E-state index contributed by atoms with van der Waals surface area (Å²) in [5.41, 5.74) is 5.11. The topological polar surface area (TPSA) is 74.6 Å². The highest BCUT2D eigenvalue weighted by atomic mass is 35.5. The van der Waals surface area contributed by atoms with Crippen LogP contribution in [-0.2, 0) is 0 Å². The molecule has 0 fully saturated rings. The van der Waals surface area contributed by atoms with Crippen LogP contribution in [0.5, 0.6) is 5.75 Å². The van der Waals surface area contributed by atoms with Crippen LogP contribution in [0.3, 0.4) is 0 Å². The minimum absolute atomic E-state index is 0.373. The Morgan fingerprint density at radius 1 is 1.03 bits per heavy atom. The number of hydrogen-bond donors (Lipinski definition) is 1. The zero-order chi connectivity index (χ0) is 22.9. The number of nitriles is 1. The molecule has 5 rings (SSSR count). The van der Waals surface area contributed by atoms with E-state index < -0.39 is 0 Å². The molecular formula is C26H16Cl2N4O. The van der Waals surface area contributed by atoms with Crippen LogP contribution in [0, 0.1) is 11.3 Å². The van der Waals surface area contributed by atoms with Gasteiger partial charge in [0.2, 0.25) is 0 Å². The summed E-state index contributed by atoms with van der Waals surface area (Å²) >= 11 is 12.6. The van der Waals surface area contributed by atoms with Gasteiger partial charge in [0.15, 0.2) is 0 Å². The average Bonchev–Trinajstić information content (AvgIpc) is 3.24. The molecule has 160 valence electrons. The molecule has 33 heavy (non-hydrogen) atoms. The van der Waals surface area contributed by atoms with Gasteiger partial charge in [-0.05, 0) is 42.5 Å². The number of nitrogens with zero attached hydrogens (tertiary/aromatic N) is 3. The van der Waals surface area contributed by atoms with E-state index in [2.05, 4.69) is 27.1 Å². The lowest BCUT2D eigenvalue weighted by Gasteiger charge is -2.06. The Hall–Kier alpha value is -3.85. The highest BCUT2D eigenvalue weighted by molar-refractivity contribution is 6.38. The summed E-state index contributed by atoms with van der Waals surface area (Å²) in [5, 5.41) is 12.5. The van der Waals surface area contributed by atoms with Gasteiger partial charge in [0.25, 0.3) is 0 Å². The third-order valence-electron chi connectivity index (χ3n) is 5.44. The van der Waals surface area contributed by atoms with Crippen molar-refractivity contribution in [2.24, 2.45) is 0 Å².